The van der Waals surface area contributed by atoms with Gasteiger partial charge in [0.15, 0.2) is 4.32 Å². The van der Waals surface area contributed by atoms with Crippen LogP contribution in [0.25, 0.3) is 6.08 Å². The van der Waals surface area contributed by atoms with Crippen molar-refractivity contribution < 1.29 is 14.3 Å². The Morgan fingerprint density at radius 3 is 2.34 bits per heavy atom. The standard InChI is InChI=1S/C24H17Cl2NO3S2/c1-29-19-10-6-18(7-11-19)27-23(28)22(32-24(27)31)12-15-2-8-20(9-3-15)30-14-16-4-5-17(25)13-21(16)26/h2-13H,14H2,1H3/b22-12-. The highest BCUT2D eigenvalue weighted by Crippen LogP contribution is 2.36. The fourth-order valence-corrected chi connectivity index (χ4v) is 4.80. The summed E-state index contributed by atoms with van der Waals surface area (Å²) in [4.78, 5) is 15.0. The highest BCUT2D eigenvalue weighted by molar-refractivity contribution is 8.27. The molecule has 3 aromatic carbocycles. The van der Waals surface area contributed by atoms with Crippen molar-refractivity contribution in [3.05, 3.63) is 92.8 Å². The third kappa shape index (κ3) is 5.10. The molecule has 1 aliphatic rings. The molecule has 0 atom stereocenters. The molecule has 32 heavy (non-hydrogen) atoms. The van der Waals surface area contributed by atoms with Crippen LogP contribution in [0.4, 0.5) is 5.69 Å². The second kappa shape index (κ2) is 9.96. The van der Waals surface area contributed by atoms with E-state index in [1.165, 1.54) is 16.7 Å². The van der Waals surface area contributed by atoms with Gasteiger partial charge >= 0.3 is 0 Å². The maximum absolute atomic E-state index is 12.9. The first-order valence-electron chi connectivity index (χ1n) is 9.53. The molecule has 0 unspecified atom stereocenters. The van der Waals surface area contributed by atoms with E-state index in [9.17, 15) is 4.79 Å². The van der Waals surface area contributed by atoms with Gasteiger partial charge in [0.1, 0.15) is 18.1 Å². The number of ether oxygens (including phenoxy) is 2. The number of thiocarbonyl (C=S) groups is 1. The van der Waals surface area contributed by atoms with Gasteiger partial charge < -0.3 is 9.47 Å². The minimum Gasteiger partial charge on any atom is -0.497 e. The topological polar surface area (TPSA) is 38.8 Å². The normalized spacial score (nSPS) is 14.8. The highest BCUT2D eigenvalue weighted by Gasteiger charge is 2.33. The zero-order valence-electron chi connectivity index (χ0n) is 16.9. The molecular formula is C24H17Cl2NO3S2. The van der Waals surface area contributed by atoms with Crippen molar-refractivity contribution in [3.8, 4) is 11.5 Å². The molecule has 4 rings (SSSR count). The molecule has 3 aromatic rings. The molecule has 1 aliphatic heterocycles. The van der Waals surface area contributed by atoms with Crippen LogP contribution in [0.2, 0.25) is 10.0 Å². The van der Waals surface area contributed by atoms with Gasteiger partial charge in [0.05, 0.1) is 17.7 Å². The van der Waals surface area contributed by atoms with E-state index in [0.29, 0.717) is 37.3 Å². The van der Waals surface area contributed by atoms with Crippen LogP contribution >= 0.6 is 47.2 Å². The number of anilines is 1. The summed E-state index contributed by atoms with van der Waals surface area (Å²) in [5.74, 6) is 1.26. The number of nitrogens with zero attached hydrogens (tertiary/aromatic N) is 1. The van der Waals surface area contributed by atoms with Crippen LogP contribution in [0.15, 0.2) is 71.6 Å². The Bertz CT molecular complexity index is 1190. The SMILES string of the molecule is COc1ccc(N2C(=O)/C(=C/c3ccc(OCc4ccc(Cl)cc4Cl)cc3)SC2=S)cc1. The summed E-state index contributed by atoms with van der Waals surface area (Å²) in [5.41, 5.74) is 2.43. The molecule has 4 nitrogen and oxygen atoms in total. The number of hydrogen-bond acceptors (Lipinski definition) is 5. The number of carbonyl (C=O) groups excluding carboxylic acids is 1. The maximum atomic E-state index is 12.9. The Hall–Kier alpha value is -2.51. The average Bonchev–Trinajstić information content (AvgIpc) is 3.07. The van der Waals surface area contributed by atoms with E-state index in [4.69, 9.17) is 44.9 Å². The highest BCUT2D eigenvalue weighted by atomic mass is 35.5. The second-order valence-electron chi connectivity index (χ2n) is 6.81. The summed E-state index contributed by atoms with van der Waals surface area (Å²) in [5, 5.41) is 1.15. The van der Waals surface area contributed by atoms with Gasteiger partial charge in [-0.15, -0.1) is 0 Å². The third-order valence-corrected chi connectivity index (χ3v) is 6.60. The zero-order chi connectivity index (χ0) is 22.7. The number of carbonyl (C=O) groups is 1. The minimum absolute atomic E-state index is 0.150. The van der Waals surface area contributed by atoms with Gasteiger partial charge in [-0.1, -0.05) is 65.4 Å². The number of halogens is 2. The van der Waals surface area contributed by atoms with E-state index in [1.807, 2.05) is 48.5 Å². The maximum Gasteiger partial charge on any atom is 0.270 e. The predicted octanol–water partition coefficient (Wildman–Crippen LogP) is 6.99. The summed E-state index contributed by atoms with van der Waals surface area (Å²) < 4.78 is 11.5. The van der Waals surface area contributed by atoms with E-state index in [2.05, 4.69) is 0 Å². The van der Waals surface area contributed by atoms with E-state index >= 15 is 0 Å². The fourth-order valence-electron chi connectivity index (χ4n) is 3.03. The van der Waals surface area contributed by atoms with Crippen molar-refractivity contribution in [2.75, 3.05) is 12.0 Å². The lowest BCUT2D eigenvalue weighted by molar-refractivity contribution is -0.113. The van der Waals surface area contributed by atoms with E-state index in [1.54, 1.807) is 31.4 Å². The summed E-state index contributed by atoms with van der Waals surface area (Å²) in [6, 6.07) is 20.0. The van der Waals surface area contributed by atoms with Gasteiger partial charge in [-0.3, -0.25) is 9.69 Å². The van der Waals surface area contributed by atoms with Crippen molar-refractivity contribution >= 4 is 69.2 Å². The Morgan fingerprint density at radius 2 is 1.69 bits per heavy atom. The van der Waals surface area contributed by atoms with Crippen LogP contribution < -0.4 is 14.4 Å². The molecule has 0 aliphatic carbocycles. The summed E-state index contributed by atoms with van der Waals surface area (Å²) in [6.45, 7) is 0.329. The van der Waals surface area contributed by atoms with Crippen molar-refractivity contribution in [2.24, 2.45) is 0 Å². The van der Waals surface area contributed by atoms with Gasteiger partial charge in [-0.2, -0.15) is 0 Å². The molecule has 1 fully saturated rings. The van der Waals surface area contributed by atoms with E-state index in [0.717, 1.165) is 16.9 Å². The largest absolute Gasteiger partial charge is 0.497 e. The quantitative estimate of drug-likeness (QED) is 0.269. The smallest absolute Gasteiger partial charge is 0.270 e. The van der Waals surface area contributed by atoms with Crippen molar-refractivity contribution in [1.29, 1.82) is 0 Å². The van der Waals surface area contributed by atoms with Crippen LogP contribution in [-0.2, 0) is 11.4 Å². The number of methoxy groups -OCH3 is 1. The first-order chi connectivity index (χ1) is 15.4. The summed E-state index contributed by atoms with van der Waals surface area (Å²) in [6.07, 6.45) is 1.82. The molecule has 8 heteroatoms. The van der Waals surface area contributed by atoms with Gasteiger partial charge in [-0.05, 0) is 60.2 Å². The zero-order valence-corrected chi connectivity index (χ0v) is 20.0. The van der Waals surface area contributed by atoms with Crippen molar-refractivity contribution in [2.45, 2.75) is 6.61 Å². The number of hydrogen-bond donors (Lipinski definition) is 0. The van der Waals surface area contributed by atoms with Crippen LogP contribution in [0.5, 0.6) is 11.5 Å². The Balaban J connectivity index is 1.44. The van der Waals surface area contributed by atoms with Crippen LogP contribution in [0.3, 0.4) is 0 Å². The lowest BCUT2D eigenvalue weighted by Crippen LogP contribution is -2.27. The van der Waals surface area contributed by atoms with Crippen LogP contribution in [0, 0.1) is 0 Å². The van der Waals surface area contributed by atoms with Gasteiger partial charge in [0, 0.05) is 15.6 Å². The predicted molar refractivity (Wildman–Crippen MR) is 136 cm³/mol. The lowest BCUT2D eigenvalue weighted by Gasteiger charge is -2.14. The van der Waals surface area contributed by atoms with Gasteiger partial charge in [0.2, 0.25) is 0 Å². The lowest BCUT2D eigenvalue weighted by atomic mass is 10.2. The molecule has 0 aromatic heterocycles. The summed E-state index contributed by atoms with van der Waals surface area (Å²) >= 11 is 18.8. The minimum atomic E-state index is -0.150. The number of benzene rings is 3. The molecule has 0 N–H and O–H groups in total. The number of thioether (sulfide) groups is 1. The Labute approximate surface area is 205 Å². The number of rotatable bonds is 6. The first-order valence-corrected chi connectivity index (χ1v) is 11.5. The third-order valence-electron chi connectivity index (χ3n) is 4.71. The van der Waals surface area contributed by atoms with E-state index in [-0.39, 0.29) is 5.91 Å². The number of amides is 1. The molecule has 0 saturated carbocycles. The van der Waals surface area contributed by atoms with Gasteiger partial charge in [0.25, 0.3) is 5.91 Å². The molecule has 0 bridgehead atoms. The van der Waals surface area contributed by atoms with Gasteiger partial charge in [-0.25, -0.2) is 0 Å². The van der Waals surface area contributed by atoms with Crippen molar-refractivity contribution in [1.82, 2.24) is 0 Å². The molecule has 0 spiro atoms. The molecular weight excluding hydrogens is 485 g/mol. The Morgan fingerprint density at radius 1 is 1.00 bits per heavy atom. The monoisotopic (exact) mass is 501 g/mol. The molecule has 1 saturated heterocycles. The molecule has 1 amide bonds. The fraction of sp³-hybridized carbons (Fsp3) is 0.0833. The van der Waals surface area contributed by atoms with Crippen LogP contribution in [-0.4, -0.2) is 17.3 Å². The molecule has 0 radical (unpaired) electrons. The van der Waals surface area contributed by atoms with E-state index < -0.39 is 0 Å². The summed E-state index contributed by atoms with van der Waals surface area (Å²) in [7, 11) is 1.60. The molecule has 162 valence electrons. The first kappa shape index (κ1) is 22.7. The molecule has 1 heterocycles. The van der Waals surface area contributed by atoms with Crippen molar-refractivity contribution in [3.63, 3.8) is 0 Å². The second-order valence-corrected chi connectivity index (χ2v) is 9.33. The van der Waals surface area contributed by atoms with Crippen LogP contribution in [0.1, 0.15) is 11.1 Å². The Kier molecular flexibility index (Phi) is 7.06. The average molecular weight is 502 g/mol.